The fourth-order valence-corrected chi connectivity index (χ4v) is 3.54. The largest absolute Gasteiger partial charge is 0.548 e. The highest BCUT2D eigenvalue weighted by Gasteiger charge is 2.36. The first-order valence-electron chi connectivity index (χ1n) is 7.05. The van der Waals surface area contributed by atoms with Crippen molar-refractivity contribution >= 4 is 52.2 Å². The van der Waals surface area contributed by atoms with Gasteiger partial charge in [0, 0.05) is 0 Å². The minimum atomic E-state index is -1.34. The summed E-state index contributed by atoms with van der Waals surface area (Å²) < 4.78 is 4.81. The van der Waals surface area contributed by atoms with Gasteiger partial charge in [-0.15, -0.1) is 0 Å². The van der Waals surface area contributed by atoms with E-state index in [1.165, 1.54) is 7.11 Å². The van der Waals surface area contributed by atoms with Gasteiger partial charge in [-0.05, 0) is 30.2 Å². The van der Waals surface area contributed by atoms with E-state index in [2.05, 4.69) is 4.74 Å². The second-order valence-electron chi connectivity index (χ2n) is 4.91. The molecule has 0 aliphatic carbocycles. The molecule has 1 atom stereocenters. The normalized spacial score (nSPS) is 17.2. The average Bonchev–Trinajstić information content (AvgIpc) is 2.83. The standard InChI is InChI=1S/C16H15NO5S2/c1-3-11(14(19)20)17-13(18)12(24-16(17)23)8-9-4-6-10(7-5-9)15(21)22-2/h4-8,11H,3H2,1-2H3,(H,19,20)/p-1/b12-8-/t11-/m1/s1. The second kappa shape index (κ2) is 7.59. The molecule has 126 valence electrons. The first-order chi connectivity index (χ1) is 11.4. The van der Waals surface area contributed by atoms with Crippen molar-refractivity contribution in [2.75, 3.05) is 7.11 Å². The predicted octanol–water partition coefficient (Wildman–Crippen LogP) is 1.20. The zero-order chi connectivity index (χ0) is 17.9. The lowest BCUT2D eigenvalue weighted by Gasteiger charge is -2.26. The van der Waals surface area contributed by atoms with E-state index >= 15 is 0 Å². The van der Waals surface area contributed by atoms with Crippen LogP contribution in [0.2, 0.25) is 0 Å². The molecule has 0 bridgehead atoms. The Labute approximate surface area is 148 Å². The molecule has 2 rings (SSSR count). The SMILES string of the molecule is CC[C@H](C(=O)[O-])N1C(=O)/C(=C/c2ccc(C(=O)OC)cc2)SC1=S. The van der Waals surface area contributed by atoms with Crippen LogP contribution in [0.25, 0.3) is 6.08 Å². The van der Waals surface area contributed by atoms with Crippen LogP contribution < -0.4 is 5.11 Å². The number of carbonyl (C=O) groups excluding carboxylic acids is 3. The third-order valence-electron chi connectivity index (χ3n) is 3.42. The summed E-state index contributed by atoms with van der Waals surface area (Å²) in [5, 5.41) is 11.2. The molecule has 1 aromatic rings. The smallest absolute Gasteiger partial charge is 0.337 e. The fourth-order valence-electron chi connectivity index (χ4n) is 2.19. The lowest BCUT2D eigenvalue weighted by Crippen LogP contribution is -2.49. The van der Waals surface area contributed by atoms with Crippen molar-refractivity contribution in [1.82, 2.24) is 4.90 Å². The first-order valence-corrected chi connectivity index (χ1v) is 8.27. The molecule has 6 nitrogen and oxygen atoms in total. The van der Waals surface area contributed by atoms with Crippen LogP contribution in [-0.4, -0.2) is 40.2 Å². The van der Waals surface area contributed by atoms with E-state index in [4.69, 9.17) is 12.2 Å². The minimum absolute atomic E-state index is 0.188. The average molecular weight is 364 g/mol. The Bertz CT molecular complexity index is 726. The van der Waals surface area contributed by atoms with Gasteiger partial charge in [0.05, 0.1) is 29.6 Å². The van der Waals surface area contributed by atoms with Crippen LogP contribution in [-0.2, 0) is 14.3 Å². The molecule has 0 N–H and O–H groups in total. The van der Waals surface area contributed by atoms with Crippen molar-refractivity contribution in [3.8, 4) is 0 Å². The third kappa shape index (κ3) is 3.65. The maximum absolute atomic E-state index is 12.4. The molecule has 0 saturated carbocycles. The van der Waals surface area contributed by atoms with Crippen molar-refractivity contribution in [1.29, 1.82) is 0 Å². The molecule has 1 aliphatic heterocycles. The van der Waals surface area contributed by atoms with E-state index in [9.17, 15) is 19.5 Å². The number of amides is 1. The van der Waals surface area contributed by atoms with Gasteiger partial charge in [-0.25, -0.2) is 4.79 Å². The van der Waals surface area contributed by atoms with E-state index < -0.39 is 23.9 Å². The molecule has 24 heavy (non-hydrogen) atoms. The Hall–Kier alpha value is -2.19. The van der Waals surface area contributed by atoms with E-state index in [0.29, 0.717) is 16.0 Å². The predicted molar refractivity (Wildman–Crippen MR) is 91.9 cm³/mol. The van der Waals surface area contributed by atoms with E-state index in [0.717, 1.165) is 16.7 Å². The summed E-state index contributed by atoms with van der Waals surface area (Å²) >= 11 is 6.16. The van der Waals surface area contributed by atoms with Crippen LogP contribution >= 0.6 is 24.0 Å². The zero-order valence-electron chi connectivity index (χ0n) is 13.0. The summed E-state index contributed by atoms with van der Waals surface area (Å²) in [6, 6.07) is 5.40. The van der Waals surface area contributed by atoms with Gasteiger partial charge in [0.2, 0.25) is 0 Å². The number of ether oxygens (including phenoxy) is 1. The van der Waals surface area contributed by atoms with Crippen molar-refractivity contribution in [3.63, 3.8) is 0 Å². The molecule has 1 fully saturated rings. The number of methoxy groups -OCH3 is 1. The first kappa shape index (κ1) is 18.2. The Balaban J connectivity index is 2.25. The summed E-state index contributed by atoms with van der Waals surface area (Å²) in [5.41, 5.74) is 1.08. The number of thiocarbonyl (C=S) groups is 1. The minimum Gasteiger partial charge on any atom is -0.548 e. The lowest BCUT2D eigenvalue weighted by atomic mass is 10.1. The number of carboxylic acids is 1. The fraction of sp³-hybridized carbons (Fsp3) is 0.250. The molecular formula is C16H14NO5S2-. The number of aliphatic carboxylic acids is 1. The van der Waals surface area contributed by atoms with E-state index in [-0.39, 0.29) is 10.7 Å². The summed E-state index contributed by atoms with van der Waals surface area (Å²) in [6.07, 6.45) is 1.80. The van der Waals surface area contributed by atoms with Gasteiger partial charge < -0.3 is 14.6 Å². The third-order valence-corrected chi connectivity index (χ3v) is 4.75. The molecule has 1 aromatic carbocycles. The number of hydrogen-bond acceptors (Lipinski definition) is 7. The molecule has 0 radical (unpaired) electrons. The highest BCUT2D eigenvalue weighted by atomic mass is 32.2. The Morgan fingerprint density at radius 2 is 2.00 bits per heavy atom. The van der Waals surface area contributed by atoms with Crippen LogP contribution in [0, 0.1) is 0 Å². The number of hydrogen-bond donors (Lipinski definition) is 0. The van der Waals surface area contributed by atoms with Crippen molar-refractivity contribution in [3.05, 3.63) is 40.3 Å². The molecule has 0 aromatic heterocycles. The van der Waals surface area contributed by atoms with E-state index in [1.54, 1.807) is 37.3 Å². The van der Waals surface area contributed by atoms with Crippen LogP contribution in [0.5, 0.6) is 0 Å². The maximum Gasteiger partial charge on any atom is 0.337 e. The molecule has 1 amide bonds. The Kier molecular flexibility index (Phi) is 5.74. The van der Waals surface area contributed by atoms with Crippen LogP contribution in [0.15, 0.2) is 29.2 Å². The number of benzene rings is 1. The monoisotopic (exact) mass is 364 g/mol. The summed E-state index contributed by atoms with van der Waals surface area (Å²) in [4.78, 5) is 36.4. The summed E-state index contributed by atoms with van der Waals surface area (Å²) in [5.74, 6) is -2.25. The lowest BCUT2D eigenvalue weighted by molar-refractivity contribution is -0.310. The molecule has 0 unspecified atom stereocenters. The van der Waals surface area contributed by atoms with Gasteiger partial charge in [0.15, 0.2) is 0 Å². The number of rotatable bonds is 5. The highest BCUT2D eigenvalue weighted by molar-refractivity contribution is 8.26. The second-order valence-corrected chi connectivity index (χ2v) is 6.58. The zero-order valence-corrected chi connectivity index (χ0v) is 14.6. The molecular weight excluding hydrogens is 350 g/mol. The van der Waals surface area contributed by atoms with Crippen LogP contribution in [0.4, 0.5) is 0 Å². The van der Waals surface area contributed by atoms with Gasteiger partial charge in [0.1, 0.15) is 4.32 Å². The molecule has 1 aliphatic rings. The molecule has 1 heterocycles. The topological polar surface area (TPSA) is 86.7 Å². The van der Waals surface area contributed by atoms with Gasteiger partial charge in [-0.3, -0.25) is 9.69 Å². The van der Waals surface area contributed by atoms with Crippen molar-refractivity contribution < 1.29 is 24.2 Å². The Morgan fingerprint density at radius 1 is 1.38 bits per heavy atom. The van der Waals surface area contributed by atoms with Gasteiger partial charge >= 0.3 is 5.97 Å². The molecule has 1 saturated heterocycles. The number of nitrogens with zero attached hydrogens (tertiary/aromatic N) is 1. The van der Waals surface area contributed by atoms with Gasteiger partial charge in [-0.2, -0.15) is 0 Å². The summed E-state index contributed by atoms with van der Waals surface area (Å²) in [6.45, 7) is 1.65. The number of thioether (sulfide) groups is 1. The Morgan fingerprint density at radius 3 is 2.50 bits per heavy atom. The number of carbonyl (C=O) groups is 3. The molecule has 0 spiro atoms. The van der Waals surface area contributed by atoms with Gasteiger partial charge in [0.25, 0.3) is 5.91 Å². The maximum atomic E-state index is 12.4. The van der Waals surface area contributed by atoms with Crippen LogP contribution in [0.1, 0.15) is 29.3 Å². The number of esters is 1. The van der Waals surface area contributed by atoms with Gasteiger partial charge in [-0.1, -0.05) is 43.0 Å². The van der Waals surface area contributed by atoms with Crippen molar-refractivity contribution in [2.24, 2.45) is 0 Å². The quantitative estimate of drug-likeness (QED) is 0.441. The summed E-state index contributed by atoms with van der Waals surface area (Å²) in [7, 11) is 1.29. The number of carboxylic acid groups (broad SMARTS) is 1. The molecule has 8 heteroatoms. The van der Waals surface area contributed by atoms with Crippen LogP contribution in [0.3, 0.4) is 0 Å². The van der Waals surface area contributed by atoms with Crippen molar-refractivity contribution in [2.45, 2.75) is 19.4 Å². The van der Waals surface area contributed by atoms with E-state index in [1.807, 2.05) is 0 Å². The highest BCUT2D eigenvalue weighted by Crippen LogP contribution is 2.34.